The molecule has 6 heteroatoms. The van der Waals surface area contributed by atoms with Crippen molar-refractivity contribution in [2.24, 2.45) is 0 Å². The van der Waals surface area contributed by atoms with E-state index in [1.165, 1.54) is 5.56 Å². The first-order valence-corrected chi connectivity index (χ1v) is 10.9. The lowest BCUT2D eigenvalue weighted by atomic mass is 9.84. The molecule has 0 saturated heterocycles. The van der Waals surface area contributed by atoms with E-state index in [1.54, 1.807) is 6.08 Å². The van der Waals surface area contributed by atoms with E-state index in [2.05, 4.69) is 28.7 Å². The van der Waals surface area contributed by atoms with Crippen LogP contribution < -0.4 is 11.1 Å². The van der Waals surface area contributed by atoms with Crippen molar-refractivity contribution < 1.29 is 14.3 Å². The monoisotopic (exact) mass is 436 g/mol. The van der Waals surface area contributed by atoms with Gasteiger partial charge in [0.15, 0.2) is 6.08 Å². The maximum atomic E-state index is 13.0. The molecule has 0 aliphatic carbocycles. The number of nitrogens with zero attached hydrogens (tertiary/aromatic N) is 1. The van der Waals surface area contributed by atoms with Crippen LogP contribution in [0.2, 0.25) is 0 Å². The second-order valence-corrected chi connectivity index (χ2v) is 8.61. The molecule has 2 unspecified atom stereocenters. The summed E-state index contributed by atoms with van der Waals surface area (Å²) in [6.07, 6.45) is 6.11. The largest absolute Gasteiger partial charge is 0.384 e. The van der Waals surface area contributed by atoms with E-state index in [-0.39, 0.29) is 18.1 Å². The topological polar surface area (TPSA) is 86.5 Å². The van der Waals surface area contributed by atoms with E-state index in [1.807, 2.05) is 50.3 Å². The number of rotatable bonds is 4. The van der Waals surface area contributed by atoms with Gasteiger partial charge in [-0.2, -0.15) is 0 Å². The zero-order valence-corrected chi connectivity index (χ0v) is 18.3. The minimum atomic E-state index is -0.183. The number of hydrogen-bond acceptors (Lipinski definition) is 5. The molecule has 6 nitrogen and oxygen atoms in total. The first-order valence-electron chi connectivity index (χ1n) is 10.9. The molecular weight excluding hydrogens is 414 g/mol. The Morgan fingerprint density at radius 2 is 1.82 bits per heavy atom. The van der Waals surface area contributed by atoms with Crippen LogP contribution in [0.1, 0.15) is 67.2 Å². The summed E-state index contributed by atoms with van der Waals surface area (Å²) < 4.78 is 11.7. The zero-order valence-electron chi connectivity index (χ0n) is 18.3. The van der Waals surface area contributed by atoms with Crippen molar-refractivity contribution in [3.63, 3.8) is 0 Å². The fraction of sp³-hybridized carbons (Fsp3) is 0.185. The Morgan fingerprint density at radius 1 is 1.06 bits per heavy atom. The molecule has 4 heterocycles. The number of nitrogens with one attached hydrogen (secondary N) is 1. The van der Waals surface area contributed by atoms with E-state index in [4.69, 9.17) is 15.2 Å². The average Bonchev–Trinajstić information content (AvgIpc) is 3.53. The lowest BCUT2D eigenvalue weighted by Crippen LogP contribution is -2.24. The molecule has 2 atom stereocenters. The van der Waals surface area contributed by atoms with Crippen LogP contribution in [0.15, 0.2) is 54.6 Å². The molecule has 162 valence electrons. The first-order chi connectivity index (χ1) is 16.0. The minimum absolute atomic E-state index is 0.0968. The summed E-state index contributed by atoms with van der Waals surface area (Å²) >= 11 is 0. The first kappa shape index (κ1) is 19.7. The van der Waals surface area contributed by atoms with E-state index < -0.39 is 0 Å². The van der Waals surface area contributed by atoms with Crippen LogP contribution in [0.3, 0.4) is 0 Å². The van der Waals surface area contributed by atoms with Crippen LogP contribution in [0.5, 0.6) is 0 Å². The van der Waals surface area contributed by atoms with Gasteiger partial charge >= 0.3 is 0 Å². The summed E-state index contributed by atoms with van der Waals surface area (Å²) in [5.41, 5.74) is 14.7. The molecule has 1 amide bonds. The molecule has 0 fully saturated rings. The van der Waals surface area contributed by atoms with E-state index in [9.17, 15) is 4.79 Å². The molecule has 1 aromatic heterocycles. The SMILES string of the molecule is Cc1cc(N)nc(C)c1CNC(=O)c1ccc2c(c1)C1OC2c2ccc(C3=CC=[C+]O3)cc21. The van der Waals surface area contributed by atoms with Crippen molar-refractivity contribution in [3.8, 4) is 0 Å². The molecule has 3 aliphatic rings. The van der Waals surface area contributed by atoms with Crippen LogP contribution in [-0.4, -0.2) is 10.9 Å². The predicted molar refractivity (Wildman–Crippen MR) is 124 cm³/mol. The Balaban J connectivity index is 1.25. The fourth-order valence-corrected chi connectivity index (χ4v) is 4.96. The van der Waals surface area contributed by atoms with Gasteiger partial charge in [-0.3, -0.25) is 9.53 Å². The summed E-state index contributed by atoms with van der Waals surface area (Å²) in [4.78, 5) is 17.3. The summed E-state index contributed by atoms with van der Waals surface area (Å²) in [6, 6.07) is 13.9. The van der Waals surface area contributed by atoms with Gasteiger partial charge in [-0.25, -0.2) is 4.98 Å². The summed E-state index contributed by atoms with van der Waals surface area (Å²) in [5.74, 6) is 1.13. The lowest BCUT2D eigenvalue weighted by molar-refractivity contribution is 0.0857. The number of pyridine rings is 1. The second kappa shape index (κ2) is 7.27. The van der Waals surface area contributed by atoms with E-state index >= 15 is 0 Å². The number of ether oxygens (including phenoxy) is 2. The number of carbonyl (C=O) groups excluding carboxylic acids is 1. The Bertz CT molecular complexity index is 1370. The highest BCUT2D eigenvalue weighted by molar-refractivity contribution is 5.94. The van der Waals surface area contributed by atoms with Crippen molar-refractivity contribution in [3.05, 3.63) is 111 Å². The molecule has 3 aliphatic heterocycles. The number of benzene rings is 2. The number of anilines is 1. The van der Waals surface area contributed by atoms with E-state index in [0.717, 1.165) is 44.8 Å². The maximum Gasteiger partial charge on any atom is 0.299 e. The molecule has 0 spiro atoms. The summed E-state index contributed by atoms with van der Waals surface area (Å²) in [5, 5.41) is 3.02. The lowest BCUT2D eigenvalue weighted by Gasteiger charge is -2.17. The summed E-state index contributed by atoms with van der Waals surface area (Å²) in [6.45, 7) is 4.28. The van der Waals surface area contributed by atoms with Gasteiger partial charge < -0.3 is 15.8 Å². The number of nitrogen functional groups attached to an aromatic ring is 1. The van der Waals surface area contributed by atoms with Crippen LogP contribution in [0.4, 0.5) is 5.82 Å². The third-order valence-corrected chi connectivity index (χ3v) is 6.59. The molecule has 2 aromatic carbocycles. The van der Waals surface area contributed by atoms with Crippen molar-refractivity contribution in [2.75, 3.05) is 5.73 Å². The van der Waals surface area contributed by atoms with Gasteiger partial charge in [-0.05, 0) is 77.6 Å². The molecule has 0 radical (unpaired) electrons. The van der Waals surface area contributed by atoms with Crippen LogP contribution >= 0.6 is 0 Å². The van der Waals surface area contributed by atoms with E-state index in [0.29, 0.717) is 17.9 Å². The number of nitrogens with two attached hydrogens (primary N) is 1. The van der Waals surface area contributed by atoms with Crippen molar-refractivity contribution in [2.45, 2.75) is 32.6 Å². The van der Waals surface area contributed by atoms with Gasteiger partial charge in [0, 0.05) is 17.8 Å². The van der Waals surface area contributed by atoms with Crippen LogP contribution in [-0.2, 0) is 16.0 Å². The van der Waals surface area contributed by atoms with Crippen molar-refractivity contribution >= 4 is 17.5 Å². The third-order valence-electron chi connectivity index (χ3n) is 6.59. The standard InChI is InChI=1S/C27H21N3O3/c1-14-10-24(28)30-15(2)22(14)13-29-27(31)17-6-8-19-21(12-17)26-20-11-16(23-4-3-9-32-23)5-7-18(20)25(19)33-26/h3-8,10-12,25-26H,13H2,1-2H3,(H2-,28,29,30,31)/p+1. The molecule has 3 aromatic rings. The quantitative estimate of drug-likeness (QED) is 0.591. The van der Waals surface area contributed by atoms with Crippen molar-refractivity contribution in [1.82, 2.24) is 10.3 Å². The zero-order chi connectivity index (χ0) is 22.7. The van der Waals surface area contributed by atoms with Crippen LogP contribution in [0.25, 0.3) is 5.76 Å². The highest BCUT2D eigenvalue weighted by atomic mass is 16.5. The minimum Gasteiger partial charge on any atom is -0.384 e. The number of carbonyl (C=O) groups is 1. The van der Waals surface area contributed by atoms with Gasteiger partial charge in [0.2, 0.25) is 6.26 Å². The Hall–Kier alpha value is -3.99. The Morgan fingerprint density at radius 3 is 2.58 bits per heavy atom. The van der Waals surface area contributed by atoms with Crippen molar-refractivity contribution in [1.29, 1.82) is 0 Å². The number of fused-ring (bicyclic) bond motifs is 8. The molecular formula is C27H22N3O3+. The van der Waals surface area contributed by atoms with Gasteiger partial charge in [0.1, 0.15) is 24.1 Å². The molecule has 33 heavy (non-hydrogen) atoms. The van der Waals surface area contributed by atoms with Gasteiger partial charge in [-0.1, -0.05) is 12.1 Å². The molecule has 6 rings (SSSR count). The number of hydrogen-bond donors (Lipinski definition) is 2. The average molecular weight is 436 g/mol. The number of aromatic nitrogens is 1. The molecule has 3 N–H and O–H groups in total. The highest BCUT2D eigenvalue weighted by Gasteiger charge is 2.43. The second-order valence-electron chi connectivity index (χ2n) is 8.61. The Kier molecular flexibility index (Phi) is 4.34. The Labute approximate surface area is 191 Å². The van der Waals surface area contributed by atoms with Gasteiger partial charge in [0.25, 0.3) is 11.7 Å². The normalized spacial score (nSPS) is 18.9. The summed E-state index contributed by atoms with van der Waals surface area (Å²) in [7, 11) is 0. The molecule has 2 bridgehead atoms. The number of allylic oxidation sites excluding steroid dienone is 2. The fourth-order valence-electron chi connectivity index (χ4n) is 4.96. The third kappa shape index (κ3) is 3.11. The maximum absolute atomic E-state index is 13.0. The van der Waals surface area contributed by atoms with Crippen LogP contribution in [0, 0.1) is 20.1 Å². The van der Waals surface area contributed by atoms with Gasteiger partial charge in [-0.15, -0.1) is 0 Å². The predicted octanol–water partition coefficient (Wildman–Crippen LogP) is 4.42. The molecule has 0 saturated carbocycles. The smallest absolute Gasteiger partial charge is 0.299 e. The number of aryl methyl sites for hydroxylation is 2. The van der Waals surface area contributed by atoms with Gasteiger partial charge in [0.05, 0.1) is 5.56 Å². The number of amides is 1. The highest BCUT2D eigenvalue weighted by Crippen LogP contribution is 2.54.